The van der Waals surface area contributed by atoms with E-state index in [9.17, 15) is 0 Å². The van der Waals surface area contributed by atoms with Crippen LogP contribution in [0.2, 0.25) is 0 Å². The van der Waals surface area contributed by atoms with E-state index in [1.807, 2.05) is 42.5 Å². The van der Waals surface area contributed by atoms with E-state index >= 15 is 0 Å². The zero-order chi connectivity index (χ0) is 22.9. The average Bonchev–Trinajstić information content (AvgIpc) is 2.85. The Morgan fingerprint density at radius 3 is 1.72 bits per heavy atom. The van der Waals surface area contributed by atoms with Gasteiger partial charge in [-0.1, -0.05) is 30.3 Å². The van der Waals surface area contributed by atoms with Crippen molar-refractivity contribution in [3.8, 4) is 34.5 Å². The lowest BCUT2D eigenvalue weighted by molar-refractivity contribution is 0.296. The Balaban J connectivity index is 1.76. The summed E-state index contributed by atoms with van der Waals surface area (Å²) >= 11 is 0. The third-order valence-electron chi connectivity index (χ3n) is 5.24. The van der Waals surface area contributed by atoms with Gasteiger partial charge in [0.1, 0.15) is 12.4 Å². The van der Waals surface area contributed by atoms with Gasteiger partial charge >= 0.3 is 0 Å². The molecule has 0 fully saturated rings. The van der Waals surface area contributed by atoms with Crippen LogP contribution >= 0.6 is 0 Å². The van der Waals surface area contributed by atoms with Crippen molar-refractivity contribution in [1.29, 1.82) is 0 Å². The second-order valence-corrected chi connectivity index (χ2v) is 7.08. The lowest BCUT2D eigenvalue weighted by Crippen LogP contribution is -2.03. The molecular formula is C26H30O6. The molecule has 0 spiro atoms. The summed E-state index contributed by atoms with van der Waals surface area (Å²) in [4.78, 5) is 0. The van der Waals surface area contributed by atoms with Gasteiger partial charge in [-0.25, -0.2) is 0 Å². The zero-order valence-electron chi connectivity index (χ0n) is 19.3. The first-order chi connectivity index (χ1) is 15.6. The van der Waals surface area contributed by atoms with Crippen molar-refractivity contribution in [3.05, 3.63) is 71.3 Å². The zero-order valence-corrected chi connectivity index (χ0v) is 19.3. The van der Waals surface area contributed by atoms with Gasteiger partial charge in [-0.15, -0.1) is 0 Å². The second-order valence-electron chi connectivity index (χ2n) is 7.08. The van der Waals surface area contributed by atoms with E-state index < -0.39 is 0 Å². The van der Waals surface area contributed by atoms with Crippen LogP contribution in [0.1, 0.15) is 16.7 Å². The van der Waals surface area contributed by atoms with E-state index in [2.05, 4.69) is 12.1 Å². The Hall–Kier alpha value is -3.54. The van der Waals surface area contributed by atoms with Crippen LogP contribution in [0, 0.1) is 0 Å². The molecular weight excluding hydrogens is 408 g/mol. The molecule has 0 bridgehead atoms. The fourth-order valence-corrected chi connectivity index (χ4v) is 3.65. The molecule has 0 aliphatic rings. The van der Waals surface area contributed by atoms with Crippen LogP contribution in [0.25, 0.3) is 0 Å². The fourth-order valence-electron chi connectivity index (χ4n) is 3.65. The summed E-state index contributed by atoms with van der Waals surface area (Å²) in [5, 5.41) is 0. The van der Waals surface area contributed by atoms with Crippen LogP contribution in [0.3, 0.4) is 0 Å². The Kier molecular flexibility index (Phi) is 8.08. The van der Waals surface area contributed by atoms with Crippen LogP contribution < -0.4 is 28.4 Å². The Labute approximate surface area is 189 Å². The highest BCUT2D eigenvalue weighted by atomic mass is 16.5. The molecule has 0 heterocycles. The summed E-state index contributed by atoms with van der Waals surface area (Å²) in [5.74, 6) is 4.10. The van der Waals surface area contributed by atoms with E-state index in [1.165, 1.54) is 0 Å². The molecule has 3 rings (SSSR count). The number of ether oxygens (including phenoxy) is 6. The lowest BCUT2D eigenvalue weighted by Gasteiger charge is -2.16. The summed E-state index contributed by atoms with van der Waals surface area (Å²) in [6.45, 7) is 0.371. The van der Waals surface area contributed by atoms with Crippen LogP contribution in [0.5, 0.6) is 34.5 Å². The first kappa shape index (κ1) is 23.1. The third kappa shape index (κ3) is 5.19. The smallest absolute Gasteiger partial charge is 0.203 e. The van der Waals surface area contributed by atoms with Crippen molar-refractivity contribution in [1.82, 2.24) is 0 Å². The molecule has 0 aliphatic carbocycles. The van der Waals surface area contributed by atoms with Gasteiger partial charge in [0, 0.05) is 0 Å². The molecule has 0 radical (unpaired) electrons. The number of benzene rings is 3. The molecule has 6 nitrogen and oxygen atoms in total. The Morgan fingerprint density at radius 1 is 0.531 bits per heavy atom. The number of hydrogen-bond acceptors (Lipinski definition) is 6. The summed E-state index contributed by atoms with van der Waals surface area (Å²) in [7, 11) is 8.10. The monoisotopic (exact) mass is 438 g/mol. The minimum Gasteiger partial charge on any atom is -0.493 e. The fraction of sp³-hybridized carbons (Fsp3) is 0.308. The van der Waals surface area contributed by atoms with Crippen LogP contribution in [-0.2, 0) is 19.4 Å². The molecule has 0 amide bonds. The van der Waals surface area contributed by atoms with Gasteiger partial charge in [-0.05, 0) is 53.8 Å². The quantitative estimate of drug-likeness (QED) is 0.415. The van der Waals surface area contributed by atoms with Gasteiger partial charge in [0.15, 0.2) is 23.0 Å². The Bertz CT molecular complexity index is 1010. The lowest BCUT2D eigenvalue weighted by atomic mass is 10.0. The summed E-state index contributed by atoms with van der Waals surface area (Å²) in [5.41, 5.74) is 3.12. The molecule has 0 unspecified atom stereocenters. The molecule has 0 atom stereocenters. The molecule has 0 saturated carbocycles. The molecule has 0 N–H and O–H groups in total. The van der Waals surface area contributed by atoms with E-state index in [1.54, 1.807) is 35.5 Å². The molecule has 0 aliphatic heterocycles. The highest BCUT2D eigenvalue weighted by Gasteiger charge is 2.14. The minimum atomic E-state index is 0.371. The van der Waals surface area contributed by atoms with Crippen molar-refractivity contribution in [3.63, 3.8) is 0 Å². The Morgan fingerprint density at radius 2 is 1.09 bits per heavy atom. The standard InChI is InChI=1S/C26H30O6/c1-27-22-12-8-10-20(25(22)30-4)14-13-19-9-6-7-11-21(19)32-17-18-15-23(28-2)26(31-5)24(16-18)29-3/h6-12,15-16H,13-14,17H2,1-5H3. The first-order valence-corrected chi connectivity index (χ1v) is 10.3. The SMILES string of the molecule is COc1cccc(CCc2ccccc2OCc2cc(OC)c(OC)c(OC)c2)c1OC. The van der Waals surface area contributed by atoms with E-state index in [0.29, 0.717) is 23.9 Å². The van der Waals surface area contributed by atoms with Gasteiger partial charge in [0.05, 0.1) is 35.5 Å². The molecule has 3 aromatic rings. The first-order valence-electron chi connectivity index (χ1n) is 10.3. The maximum atomic E-state index is 6.18. The van der Waals surface area contributed by atoms with Crippen molar-refractivity contribution in [2.75, 3.05) is 35.5 Å². The number of aryl methyl sites for hydroxylation is 2. The molecule has 0 saturated heterocycles. The van der Waals surface area contributed by atoms with Crippen LogP contribution in [0.15, 0.2) is 54.6 Å². The molecule has 6 heteroatoms. The average molecular weight is 439 g/mol. The van der Waals surface area contributed by atoms with Crippen molar-refractivity contribution in [2.45, 2.75) is 19.4 Å². The molecule has 170 valence electrons. The van der Waals surface area contributed by atoms with Gasteiger partial charge < -0.3 is 28.4 Å². The van der Waals surface area contributed by atoms with Gasteiger partial charge in [-0.2, -0.15) is 0 Å². The van der Waals surface area contributed by atoms with E-state index in [4.69, 9.17) is 28.4 Å². The minimum absolute atomic E-state index is 0.371. The predicted octanol–water partition coefficient (Wildman–Crippen LogP) is 5.09. The van der Waals surface area contributed by atoms with Crippen LogP contribution in [0.4, 0.5) is 0 Å². The second kappa shape index (κ2) is 11.2. The normalized spacial score (nSPS) is 10.4. The molecule has 0 aromatic heterocycles. The van der Waals surface area contributed by atoms with Crippen molar-refractivity contribution < 1.29 is 28.4 Å². The maximum absolute atomic E-state index is 6.18. The maximum Gasteiger partial charge on any atom is 0.203 e. The molecule has 32 heavy (non-hydrogen) atoms. The van der Waals surface area contributed by atoms with E-state index in [0.717, 1.165) is 46.8 Å². The van der Waals surface area contributed by atoms with Gasteiger partial charge in [0.25, 0.3) is 0 Å². The summed E-state index contributed by atoms with van der Waals surface area (Å²) in [6, 6.07) is 17.8. The summed E-state index contributed by atoms with van der Waals surface area (Å²) < 4.78 is 33.4. The third-order valence-corrected chi connectivity index (χ3v) is 5.24. The van der Waals surface area contributed by atoms with E-state index in [-0.39, 0.29) is 0 Å². The number of para-hydroxylation sites is 2. The molecule has 3 aromatic carbocycles. The highest BCUT2D eigenvalue weighted by molar-refractivity contribution is 5.54. The number of rotatable bonds is 11. The van der Waals surface area contributed by atoms with Gasteiger partial charge in [-0.3, -0.25) is 0 Å². The highest BCUT2D eigenvalue weighted by Crippen LogP contribution is 2.38. The van der Waals surface area contributed by atoms with Crippen molar-refractivity contribution in [2.24, 2.45) is 0 Å². The predicted molar refractivity (Wildman–Crippen MR) is 124 cm³/mol. The van der Waals surface area contributed by atoms with Crippen molar-refractivity contribution >= 4 is 0 Å². The number of methoxy groups -OCH3 is 5. The van der Waals surface area contributed by atoms with Crippen LogP contribution in [-0.4, -0.2) is 35.5 Å². The largest absolute Gasteiger partial charge is 0.493 e. The topological polar surface area (TPSA) is 55.4 Å². The summed E-state index contributed by atoms with van der Waals surface area (Å²) in [6.07, 6.45) is 1.60. The number of hydrogen-bond donors (Lipinski definition) is 0. The van der Waals surface area contributed by atoms with Gasteiger partial charge in [0.2, 0.25) is 5.75 Å².